The van der Waals surface area contributed by atoms with Gasteiger partial charge in [-0.25, -0.2) is 14.4 Å². The van der Waals surface area contributed by atoms with Gasteiger partial charge in [0.25, 0.3) is 0 Å². The second-order valence-corrected chi connectivity index (χ2v) is 13.7. The maximum absolute atomic E-state index is 15.1. The lowest BCUT2D eigenvalue weighted by atomic mass is 9.77. The lowest BCUT2D eigenvalue weighted by Gasteiger charge is -2.40. The fourth-order valence-corrected chi connectivity index (χ4v) is 3.85. The van der Waals surface area contributed by atoms with E-state index in [0.717, 1.165) is 24.0 Å². The molecule has 2 aromatic carbocycles. The Balaban J connectivity index is 1.73. The number of rotatable bonds is 3. The number of aromatic nitrogens is 2. The van der Waals surface area contributed by atoms with Gasteiger partial charge in [-0.05, 0) is 29.8 Å². The highest BCUT2D eigenvalue weighted by molar-refractivity contribution is 6.83. The van der Waals surface area contributed by atoms with Crippen molar-refractivity contribution >= 4 is 30.5 Å². The maximum atomic E-state index is 15.1. The summed E-state index contributed by atoms with van der Waals surface area (Å²) in [5.74, 6) is 3.27. The van der Waals surface area contributed by atoms with Crippen LogP contribution < -0.4 is 10.6 Å². The van der Waals surface area contributed by atoms with Crippen molar-refractivity contribution in [3.63, 3.8) is 0 Å². The van der Waals surface area contributed by atoms with Crippen LogP contribution in [0.4, 0.5) is 15.9 Å². The van der Waals surface area contributed by atoms with Crippen LogP contribution in [-0.2, 0) is 5.41 Å². The molecule has 0 radical (unpaired) electrons. The van der Waals surface area contributed by atoms with Crippen molar-refractivity contribution in [2.24, 2.45) is 0 Å². The van der Waals surface area contributed by atoms with Crippen LogP contribution >= 0.6 is 0 Å². The van der Waals surface area contributed by atoms with Crippen molar-refractivity contribution in [1.82, 2.24) is 15.3 Å². The zero-order valence-electron chi connectivity index (χ0n) is 17.2. The van der Waals surface area contributed by atoms with Crippen LogP contribution in [0.25, 0.3) is 10.9 Å². The van der Waals surface area contributed by atoms with Crippen LogP contribution in [0.5, 0.6) is 0 Å². The summed E-state index contributed by atoms with van der Waals surface area (Å²) in [5.41, 5.74) is 6.18. The molecule has 1 saturated heterocycles. The fourth-order valence-electron chi connectivity index (χ4n) is 3.34. The van der Waals surface area contributed by atoms with Gasteiger partial charge >= 0.3 is 0 Å². The summed E-state index contributed by atoms with van der Waals surface area (Å²) >= 11 is 0. The van der Waals surface area contributed by atoms with Gasteiger partial charge in [-0.3, -0.25) is 0 Å². The van der Waals surface area contributed by atoms with Gasteiger partial charge < -0.3 is 10.6 Å². The third-order valence-electron chi connectivity index (χ3n) is 5.19. The minimum Gasteiger partial charge on any atom is -0.337 e. The summed E-state index contributed by atoms with van der Waals surface area (Å²) in [7, 11) is -1.59. The fraction of sp³-hybridized carbons (Fsp3) is 0.304. The Morgan fingerprint density at radius 1 is 1.14 bits per heavy atom. The van der Waals surface area contributed by atoms with Crippen LogP contribution in [0.15, 0.2) is 42.7 Å². The first-order chi connectivity index (χ1) is 13.8. The molecule has 0 saturated carbocycles. The Hall–Kier alpha value is -2.75. The van der Waals surface area contributed by atoms with Crippen LogP contribution in [0.1, 0.15) is 18.1 Å². The lowest BCUT2D eigenvalue weighted by molar-refractivity contribution is 0.306. The normalized spacial score (nSPS) is 15.3. The molecule has 148 valence electrons. The third kappa shape index (κ3) is 4.02. The summed E-state index contributed by atoms with van der Waals surface area (Å²) in [6.07, 6.45) is 1.50. The van der Waals surface area contributed by atoms with Gasteiger partial charge in [-0.2, -0.15) is 0 Å². The molecule has 2 heterocycles. The molecule has 0 atom stereocenters. The molecule has 1 aliphatic heterocycles. The second kappa shape index (κ2) is 7.25. The molecule has 4 rings (SSSR count). The van der Waals surface area contributed by atoms with Crippen molar-refractivity contribution in [3.8, 4) is 11.5 Å². The molecule has 4 nitrogen and oxygen atoms in total. The molecular weight excluding hydrogens is 379 g/mol. The Morgan fingerprint density at radius 2 is 1.93 bits per heavy atom. The number of fused-ring (bicyclic) bond motifs is 1. The average Bonchev–Trinajstić information content (AvgIpc) is 2.66. The van der Waals surface area contributed by atoms with E-state index in [1.807, 2.05) is 12.1 Å². The topological polar surface area (TPSA) is 49.8 Å². The van der Waals surface area contributed by atoms with Crippen LogP contribution in [0, 0.1) is 17.3 Å². The zero-order chi connectivity index (χ0) is 20.6. The molecule has 6 heteroatoms. The Labute approximate surface area is 172 Å². The predicted octanol–water partition coefficient (Wildman–Crippen LogP) is 4.60. The minimum atomic E-state index is -1.59. The lowest BCUT2D eigenvalue weighted by Crippen LogP contribution is -2.54. The van der Waals surface area contributed by atoms with Gasteiger partial charge in [0.15, 0.2) is 5.82 Å². The van der Waals surface area contributed by atoms with E-state index >= 15 is 4.39 Å². The number of nitrogens with zero attached hydrogens (tertiary/aromatic N) is 2. The third-order valence-corrected chi connectivity index (χ3v) is 6.06. The van der Waals surface area contributed by atoms with Gasteiger partial charge in [-0.15, -0.1) is 5.54 Å². The highest BCUT2D eigenvalue weighted by Crippen LogP contribution is 2.32. The van der Waals surface area contributed by atoms with Crippen LogP contribution in [0.3, 0.4) is 0 Å². The summed E-state index contributed by atoms with van der Waals surface area (Å²) in [6.45, 7) is 10.6. The Morgan fingerprint density at radius 3 is 2.62 bits per heavy atom. The van der Waals surface area contributed by atoms with E-state index < -0.39 is 8.07 Å². The molecule has 2 N–H and O–H groups in total. The monoisotopic (exact) mass is 404 g/mol. The molecule has 0 aliphatic carbocycles. The standard InChI is InChI=1S/C23H25FN4Si/c1-23(13-25-14-23)17-8-9-19-18(12-17)22(27-15-26-19)28-20-7-5-6-16(21(20)24)10-11-29(2,3)4/h5-9,12,15,25H,13-14H2,1-4H3,(H,26,27,28). The number of hydrogen-bond donors (Lipinski definition) is 2. The number of halogens is 1. The average molecular weight is 405 g/mol. The van der Waals surface area contributed by atoms with Gasteiger partial charge in [0.1, 0.15) is 20.2 Å². The minimum absolute atomic E-state index is 0.110. The van der Waals surface area contributed by atoms with E-state index in [1.54, 1.807) is 12.1 Å². The van der Waals surface area contributed by atoms with Crippen LogP contribution in [-0.4, -0.2) is 31.1 Å². The van der Waals surface area contributed by atoms with Crippen molar-refractivity contribution in [2.75, 3.05) is 18.4 Å². The molecule has 0 amide bonds. The van der Waals surface area contributed by atoms with Crippen LogP contribution in [0.2, 0.25) is 19.6 Å². The quantitative estimate of drug-likeness (QED) is 0.495. The first kappa shape index (κ1) is 19.6. The molecule has 1 fully saturated rings. The van der Waals surface area contributed by atoms with E-state index in [9.17, 15) is 0 Å². The molecule has 29 heavy (non-hydrogen) atoms. The zero-order valence-corrected chi connectivity index (χ0v) is 18.2. The number of hydrogen-bond acceptors (Lipinski definition) is 4. The number of anilines is 2. The van der Waals surface area contributed by atoms with Gasteiger partial charge in [0.05, 0.1) is 16.8 Å². The summed E-state index contributed by atoms with van der Waals surface area (Å²) in [4.78, 5) is 8.76. The summed E-state index contributed by atoms with van der Waals surface area (Å²) in [5, 5.41) is 7.39. The first-order valence-corrected chi connectivity index (χ1v) is 13.3. The highest BCUT2D eigenvalue weighted by atomic mass is 28.3. The second-order valence-electron chi connectivity index (χ2n) is 8.91. The van der Waals surface area contributed by atoms with Gasteiger partial charge in [0, 0.05) is 23.9 Å². The van der Waals surface area contributed by atoms with Crippen molar-refractivity contribution in [1.29, 1.82) is 0 Å². The highest BCUT2D eigenvalue weighted by Gasteiger charge is 2.33. The first-order valence-electron chi connectivity index (χ1n) is 9.80. The predicted molar refractivity (Wildman–Crippen MR) is 120 cm³/mol. The van der Waals surface area contributed by atoms with Crippen molar-refractivity contribution in [3.05, 3.63) is 59.7 Å². The molecule has 1 aromatic heterocycles. The largest absolute Gasteiger partial charge is 0.337 e. The summed E-state index contributed by atoms with van der Waals surface area (Å²) < 4.78 is 15.1. The van der Waals surface area contributed by atoms with E-state index in [2.05, 4.69) is 70.8 Å². The van der Waals surface area contributed by atoms with E-state index in [4.69, 9.17) is 0 Å². The smallest absolute Gasteiger partial charge is 0.162 e. The van der Waals surface area contributed by atoms with E-state index in [-0.39, 0.29) is 11.2 Å². The van der Waals surface area contributed by atoms with E-state index in [0.29, 0.717) is 17.1 Å². The molecular formula is C23H25FN4Si. The van der Waals surface area contributed by atoms with E-state index in [1.165, 1.54) is 11.9 Å². The molecule has 1 aliphatic rings. The molecule has 3 aromatic rings. The number of benzene rings is 2. The molecule has 0 spiro atoms. The Kier molecular flexibility index (Phi) is 4.89. The van der Waals surface area contributed by atoms with Gasteiger partial charge in [-0.1, -0.05) is 44.6 Å². The van der Waals surface area contributed by atoms with Crippen molar-refractivity contribution < 1.29 is 4.39 Å². The van der Waals surface area contributed by atoms with Gasteiger partial charge in [0.2, 0.25) is 0 Å². The maximum Gasteiger partial charge on any atom is 0.162 e. The van der Waals surface area contributed by atoms with Crippen molar-refractivity contribution in [2.45, 2.75) is 32.0 Å². The number of nitrogens with one attached hydrogen (secondary N) is 2. The SMILES string of the molecule is CC1(c2ccc3ncnc(Nc4cccc(C#C[Si](C)(C)C)c4F)c3c2)CNC1. The Bertz CT molecular complexity index is 1140. The molecule has 0 bridgehead atoms. The summed E-state index contributed by atoms with van der Waals surface area (Å²) in [6, 6.07) is 11.5. The molecule has 0 unspecified atom stereocenters.